The van der Waals surface area contributed by atoms with Gasteiger partial charge >= 0.3 is 0 Å². The van der Waals surface area contributed by atoms with Gasteiger partial charge in [0.1, 0.15) is 18.0 Å². The molecular formula is C43H48N4O2. The van der Waals surface area contributed by atoms with Crippen molar-refractivity contribution in [3.8, 4) is 11.8 Å². The van der Waals surface area contributed by atoms with Gasteiger partial charge in [-0.25, -0.2) is 0 Å². The summed E-state index contributed by atoms with van der Waals surface area (Å²) < 4.78 is 14.2. The van der Waals surface area contributed by atoms with Gasteiger partial charge in [-0.05, 0) is 67.2 Å². The lowest BCUT2D eigenvalue weighted by Crippen LogP contribution is -2.45. The van der Waals surface area contributed by atoms with Gasteiger partial charge in [-0.2, -0.15) is 9.97 Å². The van der Waals surface area contributed by atoms with E-state index in [2.05, 4.69) is 108 Å². The lowest BCUT2D eigenvalue weighted by Gasteiger charge is -2.40. The van der Waals surface area contributed by atoms with Gasteiger partial charge in [-0.15, -0.1) is 13.2 Å². The zero-order valence-corrected chi connectivity index (χ0v) is 28.7. The van der Waals surface area contributed by atoms with Gasteiger partial charge in [0.25, 0.3) is 0 Å². The molecule has 2 aliphatic heterocycles. The van der Waals surface area contributed by atoms with E-state index < -0.39 is 0 Å². The van der Waals surface area contributed by atoms with Crippen molar-refractivity contribution in [1.82, 2.24) is 19.8 Å². The summed E-state index contributed by atoms with van der Waals surface area (Å²) in [6.07, 6.45) is 10.3. The van der Waals surface area contributed by atoms with Crippen LogP contribution in [0.4, 0.5) is 0 Å². The standard InChI is InChI=1S/C43H48N4O2/c1-4-26-46-28-12-10-24-38(46)42(36-22-14-18-32-16-6-8-20-34(32)36)48-40-30-41(45-31(3)44-40)49-43(39-25-11-13-29-47(39)27-5-2)37-23-15-19-33-17-7-9-21-35(33)37/h4-9,14-23,30,38-39,42-43H,1-2,10-13,24-29H2,3H3/t38-,39?,42+,43+/m0/s1. The third kappa shape index (κ3) is 7.26. The molecule has 0 bridgehead atoms. The second-order valence-electron chi connectivity index (χ2n) is 13.5. The van der Waals surface area contributed by atoms with Gasteiger partial charge in [-0.3, -0.25) is 9.80 Å². The van der Waals surface area contributed by atoms with Crippen LogP contribution in [-0.2, 0) is 0 Å². The molecule has 2 saturated heterocycles. The normalized spacial score (nSPS) is 20.1. The van der Waals surface area contributed by atoms with Gasteiger partial charge in [0.05, 0.1) is 18.2 Å². The number of aromatic nitrogens is 2. The molecule has 0 radical (unpaired) electrons. The average Bonchev–Trinajstić information content (AvgIpc) is 3.13. The van der Waals surface area contributed by atoms with Gasteiger partial charge in [0.15, 0.2) is 0 Å². The van der Waals surface area contributed by atoms with E-state index >= 15 is 0 Å². The van der Waals surface area contributed by atoms with Crippen LogP contribution in [0, 0.1) is 6.92 Å². The van der Waals surface area contributed by atoms with Crippen LogP contribution in [0.5, 0.6) is 11.8 Å². The summed E-state index contributed by atoms with van der Waals surface area (Å²) in [5.74, 6) is 1.69. The van der Waals surface area contributed by atoms with Crippen LogP contribution in [0.25, 0.3) is 21.5 Å². The molecule has 6 heteroatoms. The Hall–Kier alpha value is -4.52. The number of rotatable bonds is 12. The van der Waals surface area contributed by atoms with Gasteiger partial charge < -0.3 is 9.47 Å². The maximum Gasteiger partial charge on any atom is 0.221 e. The summed E-state index contributed by atoms with van der Waals surface area (Å²) in [7, 11) is 0. The summed E-state index contributed by atoms with van der Waals surface area (Å²) >= 11 is 0. The van der Waals surface area contributed by atoms with E-state index in [-0.39, 0.29) is 24.3 Å². The molecule has 2 fully saturated rings. The van der Waals surface area contributed by atoms with E-state index in [1.54, 1.807) is 0 Å². The smallest absolute Gasteiger partial charge is 0.221 e. The number of likely N-dealkylation sites (tertiary alicyclic amines) is 2. The summed E-state index contributed by atoms with van der Waals surface area (Å²) in [5.41, 5.74) is 2.35. The lowest BCUT2D eigenvalue weighted by molar-refractivity contribution is 0.0400. The van der Waals surface area contributed by atoms with Crippen molar-refractivity contribution in [1.29, 1.82) is 0 Å². The van der Waals surface area contributed by atoms with Crippen LogP contribution >= 0.6 is 0 Å². The zero-order chi connectivity index (χ0) is 33.6. The Labute approximate surface area is 291 Å². The lowest BCUT2D eigenvalue weighted by atomic mass is 9.90. The molecular weight excluding hydrogens is 604 g/mol. The van der Waals surface area contributed by atoms with E-state index in [0.717, 1.165) is 51.9 Å². The Morgan fingerprint density at radius 3 is 1.57 bits per heavy atom. The molecule has 1 unspecified atom stereocenters. The van der Waals surface area contributed by atoms with Crippen LogP contribution in [0.1, 0.15) is 67.7 Å². The molecule has 0 amide bonds. The maximum atomic E-state index is 7.08. The molecule has 4 atom stereocenters. The zero-order valence-electron chi connectivity index (χ0n) is 28.7. The van der Waals surface area contributed by atoms with Crippen molar-refractivity contribution in [3.05, 3.63) is 133 Å². The summed E-state index contributed by atoms with van der Waals surface area (Å²) in [4.78, 5) is 14.7. The largest absolute Gasteiger partial charge is 0.468 e. The molecule has 3 heterocycles. The highest BCUT2D eigenvalue weighted by atomic mass is 16.5. The Morgan fingerprint density at radius 2 is 1.10 bits per heavy atom. The third-order valence-corrected chi connectivity index (χ3v) is 10.3. The van der Waals surface area contributed by atoms with Crippen molar-refractivity contribution in [3.63, 3.8) is 0 Å². The molecule has 0 saturated carbocycles. The molecule has 0 aliphatic carbocycles. The van der Waals surface area contributed by atoms with Gasteiger partial charge in [0.2, 0.25) is 11.8 Å². The Kier molecular flexibility index (Phi) is 10.3. The van der Waals surface area contributed by atoms with E-state index in [1.807, 2.05) is 25.1 Å². The second-order valence-corrected chi connectivity index (χ2v) is 13.5. The highest BCUT2D eigenvalue weighted by Crippen LogP contribution is 2.39. The minimum Gasteiger partial charge on any atom is -0.468 e. The molecule has 5 aromatic rings. The van der Waals surface area contributed by atoms with Gasteiger partial charge in [-0.1, -0.05) is 110 Å². The van der Waals surface area contributed by atoms with Crippen LogP contribution < -0.4 is 9.47 Å². The molecule has 7 rings (SSSR count). The van der Waals surface area contributed by atoms with Crippen molar-refractivity contribution in [2.75, 3.05) is 26.2 Å². The Morgan fingerprint density at radius 1 is 0.653 bits per heavy atom. The van der Waals surface area contributed by atoms with Crippen molar-refractivity contribution >= 4 is 21.5 Å². The number of piperidine rings is 2. The minimum atomic E-state index is -0.233. The molecule has 0 N–H and O–H groups in total. The Bertz CT molecular complexity index is 1760. The predicted octanol–water partition coefficient (Wildman–Crippen LogP) is 9.41. The number of nitrogens with zero attached hydrogens (tertiary/aromatic N) is 4. The average molecular weight is 653 g/mol. The first-order chi connectivity index (χ1) is 24.1. The number of aryl methyl sites for hydroxylation is 1. The fourth-order valence-electron chi connectivity index (χ4n) is 8.09. The number of hydrogen-bond acceptors (Lipinski definition) is 6. The quantitative estimate of drug-likeness (QED) is 0.125. The highest BCUT2D eigenvalue weighted by Gasteiger charge is 2.35. The van der Waals surface area contributed by atoms with Gasteiger partial charge in [0, 0.05) is 24.2 Å². The fourth-order valence-corrected chi connectivity index (χ4v) is 8.09. The fraction of sp³-hybridized carbons (Fsp3) is 0.349. The van der Waals surface area contributed by atoms with Crippen LogP contribution in [-0.4, -0.2) is 58.0 Å². The third-order valence-electron chi connectivity index (χ3n) is 10.3. The van der Waals surface area contributed by atoms with Crippen LogP contribution in [0.15, 0.2) is 116 Å². The van der Waals surface area contributed by atoms with E-state index in [4.69, 9.17) is 19.4 Å². The molecule has 2 aliphatic rings. The van der Waals surface area contributed by atoms with Crippen LogP contribution in [0.2, 0.25) is 0 Å². The maximum absolute atomic E-state index is 7.08. The van der Waals surface area contributed by atoms with Crippen molar-refractivity contribution in [2.45, 2.75) is 69.7 Å². The molecule has 252 valence electrons. The van der Waals surface area contributed by atoms with E-state index in [9.17, 15) is 0 Å². The molecule has 0 spiro atoms. The molecule has 4 aromatic carbocycles. The monoisotopic (exact) mass is 652 g/mol. The SMILES string of the molecule is C=CCN1CCCCC1[C@H](Oc1cc(O[C@H](c2cccc3ccccc23)[C@@H]2CCCCN2CC=C)nc(C)n1)c1cccc2ccccc12. The summed E-state index contributed by atoms with van der Waals surface area (Å²) in [6, 6.07) is 32.5. The number of hydrogen-bond donors (Lipinski definition) is 0. The molecule has 6 nitrogen and oxygen atoms in total. The first kappa shape index (κ1) is 33.0. The number of benzene rings is 4. The highest BCUT2D eigenvalue weighted by molar-refractivity contribution is 5.87. The minimum absolute atomic E-state index is 0.176. The van der Waals surface area contributed by atoms with E-state index in [1.165, 1.54) is 45.5 Å². The second kappa shape index (κ2) is 15.4. The van der Waals surface area contributed by atoms with E-state index in [0.29, 0.717) is 17.6 Å². The number of fused-ring (bicyclic) bond motifs is 2. The predicted molar refractivity (Wildman–Crippen MR) is 200 cm³/mol. The first-order valence-electron chi connectivity index (χ1n) is 18.0. The number of ether oxygens (including phenoxy) is 2. The molecule has 1 aromatic heterocycles. The topological polar surface area (TPSA) is 50.7 Å². The molecule has 49 heavy (non-hydrogen) atoms. The first-order valence-corrected chi connectivity index (χ1v) is 18.0. The summed E-state index contributed by atoms with van der Waals surface area (Å²) in [6.45, 7) is 13.8. The summed E-state index contributed by atoms with van der Waals surface area (Å²) in [5, 5.41) is 4.82. The van der Waals surface area contributed by atoms with Crippen molar-refractivity contribution in [2.24, 2.45) is 0 Å². The van der Waals surface area contributed by atoms with Crippen molar-refractivity contribution < 1.29 is 9.47 Å². The van der Waals surface area contributed by atoms with Crippen LogP contribution in [0.3, 0.4) is 0 Å². The Balaban J connectivity index is 1.28.